The fourth-order valence-corrected chi connectivity index (χ4v) is 2.41. The summed E-state index contributed by atoms with van der Waals surface area (Å²) in [7, 11) is 1.69. The highest BCUT2D eigenvalue weighted by Gasteiger charge is 2.17. The van der Waals surface area contributed by atoms with Crippen LogP contribution in [0.5, 0.6) is 5.75 Å². The van der Waals surface area contributed by atoms with Crippen molar-refractivity contribution in [3.8, 4) is 5.75 Å². The molecule has 0 aliphatic rings. The molecule has 0 aliphatic carbocycles. The first-order chi connectivity index (χ1) is 9.92. The van der Waals surface area contributed by atoms with Crippen molar-refractivity contribution in [1.29, 1.82) is 0 Å². The van der Waals surface area contributed by atoms with E-state index in [1.807, 2.05) is 12.1 Å². The Morgan fingerprint density at radius 2 is 1.62 bits per heavy atom. The van der Waals surface area contributed by atoms with Crippen molar-refractivity contribution in [1.82, 2.24) is 5.32 Å². The van der Waals surface area contributed by atoms with E-state index in [1.54, 1.807) is 7.11 Å². The van der Waals surface area contributed by atoms with Gasteiger partial charge < -0.3 is 14.8 Å². The molecule has 0 saturated carbocycles. The van der Waals surface area contributed by atoms with Crippen molar-refractivity contribution >= 4 is 0 Å². The van der Waals surface area contributed by atoms with Crippen LogP contribution >= 0.6 is 0 Å². The largest absolute Gasteiger partial charge is 0.497 e. The highest BCUT2D eigenvalue weighted by molar-refractivity contribution is 5.28. The molecule has 2 unspecified atom stereocenters. The molecule has 21 heavy (non-hydrogen) atoms. The second-order valence-corrected chi connectivity index (χ2v) is 6.40. The van der Waals surface area contributed by atoms with Crippen LogP contribution in [-0.4, -0.2) is 25.8 Å². The van der Waals surface area contributed by atoms with E-state index in [2.05, 4.69) is 52.1 Å². The van der Waals surface area contributed by atoms with E-state index in [1.165, 1.54) is 5.56 Å². The Morgan fingerprint density at radius 1 is 1.00 bits per heavy atom. The number of hydrogen-bond acceptors (Lipinski definition) is 3. The van der Waals surface area contributed by atoms with E-state index in [9.17, 15) is 0 Å². The van der Waals surface area contributed by atoms with Gasteiger partial charge in [-0.2, -0.15) is 0 Å². The maximum atomic E-state index is 6.27. The van der Waals surface area contributed by atoms with Crippen LogP contribution in [0.2, 0.25) is 0 Å². The number of nitrogens with one attached hydrogen (secondary N) is 1. The van der Waals surface area contributed by atoms with E-state index in [-0.39, 0.29) is 12.2 Å². The lowest BCUT2D eigenvalue weighted by Gasteiger charge is -2.25. The zero-order valence-corrected chi connectivity index (χ0v) is 14.3. The van der Waals surface area contributed by atoms with Gasteiger partial charge in [0.15, 0.2) is 0 Å². The average molecular weight is 293 g/mol. The molecule has 0 aliphatic heterocycles. The lowest BCUT2D eigenvalue weighted by atomic mass is 10.1. The molecule has 0 amide bonds. The average Bonchev–Trinajstić information content (AvgIpc) is 2.42. The van der Waals surface area contributed by atoms with Crippen LogP contribution in [0, 0.1) is 5.92 Å². The maximum absolute atomic E-state index is 6.27. The Bertz CT molecular complexity index is 387. The van der Waals surface area contributed by atoms with E-state index in [0.717, 1.165) is 18.7 Å². The van der Waals surface area contributed by atoms with Gasteiger partial charge in [-0.1, -0.05) is 39.8 Å². The smallest absolute Gasteiger partial charge is 0.118 e. The van der Waals surface area contributed by atoms with Gasteiger partial charge in [-0.05, 0) is 37.0 Å². The highest BCUT2D eigenvalue weighted by Crippen LogP contribution is 2.23. The van der Waals surface area contributed by atoms with Crippen LogP contribution in [0.25, 0.3) is 0 Å². The van der Waals surface area contributed by atoms with Crippen molar-refractivity contribution in [2.24, 2.45) is 5.92 Å². The monoisotopic (exact) mass is 293 g/mol. The summed E-state index contributed by atoms with van der Waals surface area (Å²) in [6.07, 6.45) is 1.41. The van der Waals surface area contributed by atoms with Gasteiger partial charge in [0.1, 0.15) is 5.75 Å². The number of hydrogen-bond donors (Lipinski definition) is 1. The van der Waals surface area contributed by atoms with Crippen LogP contribution in [0.4, 0.5) is 0 Å². The maximum Gasteiger partial charge on any atom is 0.118 e. The molecule has 120 valence electrons. The van der Waals surface area contributed by atoms with Crippen LogP contribution in [0.1, 0.15) is 52.7 Å². The molecule has 0 fully saturated rings. The first-order valence-corrected chi connectivity index (χ1v) is 7.95. The van der Waals surface area contributed by atoms with E-state index in [0.29, 0.717) is 12.0 Å². The Balaban J connectivity index is 2.74. The molecular formula is C18H31NO2. The summed E-state index contributed by atoms with van der Waals surface area (Å²) < 4.78 is 11.5. The molecule has 1 aromatic carbocycles. The Labute approximate surface area is 130 Å². The first-order valence-electron chi connectivity index (χ1n) is 7.95. The molecule has 0 radical (unpaired) electrons. The molecular weight excluding hydrogens is 262 g/mol. The van der Waals surface area contributed by atoms with Crippen molar-refractivity contribution < 1.29 is 9.47 Å². The zero-order chi connectivity index (χ0) is 15.8. The molecule has 1 aromatic rings. The molecule has 1 N–H and O–H groups in total. The number of rotatable bonds is 9. The summed E-state index contributed by atoms with van der Waals surface area (Å²) in [6.45, 7) is 11.8. The van der Waals surface area contributed by atoms with E-state index in [4.69, 9.17) is 9.47 Å². The topological polar surface area (TPSA) is 30.5 Å². The molecule has 0 heterocycles. The Morgan fingerprint density at radius 3 is 2.10 bits per heavy atom. The van der Waals surface area contributed by atoms with Gasteiger partial charge in [-0.3, -0.25) is 0 Å². The van der Waals surface area contributed by atoms with Gasteiger partial charge in [0, 0.05) is 12.6 Å². The second-order valence-electron chi connectivity index (χ2n) is 6.40. The van der Waals surface area contributed by atoms with Crippen LogP contribution < -0.4 is 10.1 Å². The molecule has 3 heteroatoms. The summed E-state index contributed by atoms with van der Waals surface area (Å²) in [4.78, 5) is 0. The minimum Gasteiger partial charge on any atom is -0.497 e. The van der Waals surface area contributed by atoms with Crippen molar-refractivity contribution in [3.05, 3.63) is 29.8 Å². The molecule has 1 rings (SSSR count). The second kappa shape index (κ2) is 9.06. The van der Waals surface area contributed by atoms with Gasteiger partial charge in [-0.25, -0.2) is 0 Å². The summed E-state index contributed by atoms with van der Waals surface area (Å²) >= 11 is 0. The van der Waals surface area contributed by atoms with Gasteiger partial charge in [-0.15, -0.1) is 0 Å². The van der Waals surface area contributed by atoms with Crippen LogP contribution in [0.3, 0.4) is 0 Å². The van der Waals surface area contributed by atoms with Crippen molar-refractivity contribution in [3.63, 3.8) is 0 Å². The molecule has 0 saturated heterocycles. The normalized spacial score (nSPS) is 14.5. The van der Waals surface area contributed by atoms with E-state index >= 15 is 0 Å². The van der Waals surface area contributed by atoms with Crippen LogP contribution in [-0.2, 0) is 4.74 Å². The first kappa shape index (κ1) is 18.0. The summed E-state index contributed by atoms with van der Waals surface area (Å²) in [5.41, 5.74) is 1.19. The molecule has 0 spiro atoms. The molecule has 0 bridgehead atoms. The van der Waals surface area contributed by atoms with Gasteiger partial charge in [0.05, 0.1) is 19.3 Å². The minimum absolute atomic E-state index is 0.0760. The minimum atomic E-state index is 0.0760. The number of ether oxygens (including phenoxy) is 2. The predicted molar refractivity (Wildman–Crippen MR) is 88.9 cm³/mol. The predicted octanol–water partition coefficient (Wildman–Crippen LogP) is 4.19. The SMILES string of the molecule is COc1ccc(C(CNC(C)C)OC(C)CC(C)C)cc1. The van der Waals surface area contributed by atoms with Gasteiger partial charge in [0.25, 0.3) is 0 Å². The number of methoxy groups -OCH3 is 1. The van der Waals surface area contributed by atoms with Gasteiger partial charge >= 0.3 is 0 Å². The third-order valence-corrected chi connectivity index (χ3v) is 3.40. The van der Waals surface area contributed by atoms with Gasteiger partial charge in [0.2, 0.25) is 0 Å². The third-order valence-electron chi connectivity index (χ3n) is 3.40. The highest BCUT2D eigenvalue weighted by atomic mass is 16.5. The molecule has 2 atom stereocenters. The fraction of sp³-hybridized carbons (Fsp3) is 0.667. The van der Waals surface area contributed by atoms with E-state index < -0.39 is 0 Å². The van der Waals surface area contributed by atoms with Crippen molar-refractivity contribution in [2.45, 2.75) is 59.3 Å². The van der Waals surface area contributed by atoms with Crippen LogP contribution in [0.15, 0.2) is 24.3 Å². The summed E-state index contributed by atoms with van der Waals surface area (Å²) in [5, 5.41) is 3.48. The summed E-state index contributed by atoms with van der Waals surface area (Å²) in [5.74, 6) is 1.53. The summed E-state index contributed by atoms with van der Waals surface area (Å²) in [6, 6.07) is 8.62. The zero-order valence-electron chi connectivity index (χ0n) is 14.3. The fourth-order valence-electron chi connectivity index (χ4n) is 2.41. The van der Waals surface area contributed by atoms with Crippen molar-refractivity contribution in [2.75, 3.05) is 13.7 Å². The quantitative estimate of drug-likeness (QED) is 0.740. The lowest BCUT2D eigenvalue weighted by molar-refractivity contribution is -0.0134. The Hall–Kier alpha value is -1.06. The lowest BCUT2D eigenvalue weighted by Crippen LogP contribution is -2.31. The number of benzene rings is 1. The standard InChI is InChI=1S/C18H31NO2/c1-13(2)11-15(5)21-18(12-19-14(3)4)16-7-9-17(20-6)10-8-16/h7-10,13-15,18-19H,11-12H2,1-6H3. The molecule has 0 aromatic heterocycles. The Kier molecular flexibility index (Phi) is 7.76. The third kappa shape index (κ3) is 6.96. The molecule has 3 nitrogen and oxygen atoms in total.